The monoisotopic (exact) mass is 263 g/mol. The summed E-state index contributed by atoms with van der Waals surface area (Å²) in [7, 11) is 0. The van der Waals surface area contributed by atoms with Crippen molar-refractivity contribution < 1.29 is 0 Å². The first-order valence-electron chi connectivity index (χ1n) is 5.91. The molecule has 1 atom stereocenters. The second-order valence-electron chi connectivity index (χ2n) is 4.33. The van der Waals surface area contributed by atoms with Gasteiger partial charge in [0.1, 0.15) is 5.82 Å². The first-order chi connectivity index (χ1) is 8.58. The van der Waals surface area contributed by atoms with E-state index in [9.17, 15) is 4.79 Å². The van der Waals surface area contributed by atoms with Gasteiger partial charge in [-0.2, -0.15) is 0 Å². The summed E-state index contributed by atoms with van der Waals surface area (Å²) in [6.45, 7) is 6.43. The van der Waals surface area contributed by atoms with Gasteiger partial charge in [-0.3, -0.25) is 4.79 Å². The van der Waals surface area contributed by atoms with Gasteiger partial charge in [0.25, 0.3) is 5.56 Å². The summed E-state index contributed by atoms with van der Waals surface area (Å²) in [5.74, 6) is 0.659. The summed E-state index contributed by atoms with van der Waals surface area (Å²) in [6.07, 6.45) is 0. The third-order valence-electron chi connectivity index (χ3n) is 2.86. The number of hydrogen-bond donors (Lipinski definition) is 2. The van der Waals surface area contributed by atoms with Crippen molar-refractivity contribution in [2.75, 3.05) is 0 Å². The number of aromatic nitrogens is 2. The zero-order valence-corrected chi connectivity index (χ0v) is 11.6. The average Bonchev–Trinajstić information content (AvgIpc) is 2.77. The van der Waals surface area contributed by atoms with Gasteiger partial charge in [0, 0.05) is 23.2 Å². The Kier molecular flexibility index (Phi) is 3.93. The Balaban J connectivity index is 2.14. The second kappa shape index (κ2) is 5.46. The molecule has 0 saturated carbocycles. The zero-order valence-electron chi connectivity index (χ0n) is 10.8. The van der Waals surface area contributed by atoms with Crippen LogP contribution in [0.2, 0.25) is 0 Å². The third kappa shape index (κ3) is 2.86. The van der Waals surface area contributed by atoms with E-state index in [1.807, 2.05) is 25.3 Å². The van der Waals surface area contributed by atoms with Crippen LogP contribution in [0.15, 0.2) is 22.3 Å². The van der Waals surface area contributed by atoms with Gasteiger partial charge >= 0.3 is 0 Å². The van der Waals surface area contributed by atoms with Crippen molar-refractivity contribution >= 4 is 11.3 Å². The van der Waals surface area contributed by atoms with Gasteiger partial charge in [-0.25, -0.2) is 4.98 Å². The van der Waals surface area contributed by atoms with Crippen molar-refractivity contribution in [3.05, 3.63) is 49.8 Å². The summed E-state index contributed by atoms with van der Waals surface area (Å²) < 4.78 is 0. The van der Waals surface area contributed by atoms with Gasteiger partial charge in [-0.05, 0) is 32.2 Å². The fraction of sp³-hybridized carbons (Fsp3) is 0.385. The van der Waals surface area contributed by atoms with Crippen LogP contribution >= 0.6 is 11.3 Å². The number of rotatable bonds is 4. The van der Waals surface area contributed by atoms with E-state index in [1.165, 1.54) is 4.88 Å². The molecule has 2 aromatic rings. The molecule has 2 rings (SSSR count). The highest BCUT2D eigenvalue weighted by atomic mass is 32.1. The minimum Gasteiger partial charge on any atom is -0.310 e. The van der Waals surface area contributed by atoms with E-state index in [2.05, 4.69) is 21.4 Å². The Bertz CT molecular complexity index is 574. The Morgan fingerprint density at radius 2 is 2.28 bits per heavy atom. The van der Waals surface area contributed by atoms with Gasteiger partial charge < -0.3 is 10.3 Å². The smallest absolute Gasteiger partial charge is 0.255 e. The van der Waals surface area contributed by atoms with E-state index >= 15 is 0 Å². The lowest BCUT2D eigenvalue weighted by Gasteiger charge is -2.14. The fourth-order valence-corrected chi connectivity index (χ4v) is 2.67. The Morgan fingerprint density at radius 1 is 1.50 bits per heavy atom. The molecule has 1 unspecified atom stereocenters. The first-order valence-corrected chi connectivity index (χ1v) is 6.79. The van der Waals surface area contributed by atoms with Gasteiger partial charge in [-0.1, -0.05) is 6.07 Å². The number of thiophene rings is 1. The predicted molar refractivity (Wildman–Crippen MR) is 73.9 cm³/mol. The standard InChI is InChI=1S/C13H17N3OS/c1-8(14-7-11-5-4-6-18-11)12-9(2)15-10(3)16-13(12)17/h4-6,8,14H,7H2,1-3H3,(H,15,16,17). The van der Waals surface area contributed by atoms with Crippen molar-refractivity contribution in [1.82, 2.24) is 15.3 Å². The lowest BCUT2D eigenvalue weighted by molar-refractivity contribution is 0.566. The molecule has 0 saturated heterocycles. The molecular weight excluding hydrogens is 246 g/mol. The molecule has 96 valence electrons. The van der Waals surface area contributed by atoms with E-state index < -0.39 is 0 Å². The van der Waals surface area contributed by atoms with Crippen LogP contribution in [0.1, 0.15) is 34.9 Å². The van der Waals surface area contributed by atoms with Crippen LogP contribution in [-0.4, -0.2) is 9.97 Å². The molecule has 18 heavy (non-hydrogen) atoms. The zero-order chi connectivity index (χ0) is 13.1. The number of nitrogens with one attached hydrogen (secondary N) is 2. The minimum atomic E-state index is -0.0498. The van der Waals surface area contributed by atoms with Crippen molar-refractivity contribution in [3.63, 3.8) is 0 Å². The van der Waals surface area contributed by atoms with Crippen LogP contribution in [0.3, 0.4) is 0 Å². The summed E-state index contributed by atoms with van der Waals surface area (Å²) in [5.41, 5.74) is 1.46. The second-order valence-corrected chi connectivity index (χ2v) is 5.36. The highest BCUT2D eigenvalue weighted by Crippen LogP contribution is 2.14. The quantitative estimate of drug-likeness (QED) is 0.890. The third-order valence-corrected chi connectivity index (χ3v) is 3.74. The number of H-pyrrole nitrogens is 1. The normalized spacial score (nSPS) is 12.6. The maximum Gasteiger partial charge on any atom is 0.255 e. The lowest BCUT2D eigenvalue weighted by Crippen LogP contribution is -2.27. The van der Waals surface area contributed by atoms with Crippen LogP contribution < -0.4 is 10.9 Å². The molecule has 0 aliphatic rings. The van der Waals surface area contributed by atoms with E-state index in [-0.39, 0.29) is 11.6 Å². The Labute approximate surface area is 110 Å². The lowest BCUT2D eigenvalue weighted by atomic mass is 10.1. The molecule has 0 spiro atoms. The Hall–Kier alpha value is -1.46. The van der Waals surface area contributed by atoms with E-state index in [4.69, 9.17) is 0 Å². The van der Waals surface area contributed by atoms with Crippen molar-refractivity contribution in [3.8, 4) is 0 Å². The molecule has 0 fully saturated rings. The average molecular weight is 263 g/mol. The summed E-state index contributed by atoms with van der Waals surface area (Å²) in [6, 6.07) is 4.09. The number of aromatic amines is 1. The van der Waals surface area contributed by atoms with Crippen LogP contribution in [0, 0.1) is 13.8 Å². The minimum absolute atomic E-state index is 0.0102. The molecule has 0 radical (unpaired) electrons. The van der Waals surface area contributed by atoms with E-state index in [0.717, 1.165) is 17.8 Å². The van der Waals surface area contributed by atoms with Crippen LogP contribution in [0.25, 0.3) is 0 Å². The Morgan fingerprint density at radius 3 is 2.89 bits per heavy atom. The molecule has 2 N–H and O–H groups in total. The summed E-state index contributed by atoms with van der Waals surface area (Å²) in [5, 5.41) is 5.40. The molecule has 0 aliphatic carbocycles. The van der Waals surface area contributed by atoms with Crippen LogP contribution in [0.5, 0.6) is 0 Å². The van der Waals surface area contributed by atoms with Crippen LogP contribution in [-0.2, 0) is 6.54 Å². The molecule has 2 heterocycles. The SMILES string of the molecule is Cc1nc(C)c(C(C)NCc2cccs2)c(=O)[nH]1. The molecule has 0 bridgehead atoms. The van der Waals surface area contributed by atoms with E-state index in [0.29, 0.717) is 5.82 Å². The fourth-order valence-electron chi connectivity index (χ4n) is 2.01. The van der Waals surface area contributed by atoms with E-state index in [1.54, 1.807) is 18.3 Å². The molecule has 0 amide bonds. The van der Waals surface area contributed by atoms with Crippen molar-refractivity contribution in [1.29, 1.82) is 0 Å². The maximum absolute atomic E-state index is 11.9. The largest absolute Gasteiger partial charge is 0.310 e. The molecule has 2 aromatic heterocycles. The molecule has 5 heteroatoms. The first kappa shape index (κ1) is 13.0. The van der Waals surface area contributed by atoms with Crippen LogP contribution in [0.4, 0.5) is 0 Å². The topological polar surface area (TPSA) is 57.8 Å². The van der Waals surface area contributed by atoms with Gasteiger partial charge in [0.05, 0.1) is 5.56 Å². The summed E-state index contributed by atoms with van der Waals surface area (Å²) >= 11 is 1.71. The highest BCUT2D eigenvalue weighted by molar-refractivity contribution is 7.09. The van der Waals surface area contributed by atoms with Gasteiger partial charge in [0.15, 0.2) is 0 Å². The maximum atomic E-state index is 11.9. The predicted octanol–water partition coefficient (Wildman–Crippen LogP) is 2.30. The number of hydrogen-bond acceptors (Lipinski definition) is 4. The highest BCUT2D eigenvalue weighted by Gasteiger charge is 2.14. The van der Waals surface area contributed by atoms with Gasteiger partial charge in [-0.15, -0.1) is 11.3 Å². The molecule has 0 aromatic carbocycles. The molecule has 0 aliphatic heterocycles. The van der Waals surface area contributed by atoms with Crippen molar-refractivity contribution in [2.45, 2.75) is 33.4 Å². The summed E-state index contributed by atoms with van der Waals surface area (Å²) in [4.78, 5) is 20.2. The van der Waals surface area contributed by atoms with Crippen molar-refractivity contribution in [2.24, 2.45) is 0 Å². The molecule has 4 nitrogen and oxygen atoms in total. The number of aryl methyl sites for hydroxylation is 2. The molecular formula is C13H17N3OS. The number of nitrogens with zero attached hydrogens (tertiary/aromatic N) is 1. The van der Waals surface area contributed by atoms with Gasteiger partial charge in [0.2, 0.25) is 0 Å².